The van der Waals surface area contributed by atoms with Gasteiger partial charge in [-0.25, -0.2) is 13.2 Å². The van der Waals surface area contributed by atoms with Crippen LogP contribution in [0, 0.1) is 19.8 Å². The first kappa shape index (κ1) is 15.5. The number of aryl methyl sites for hydroxylation is 2. The number of carbonyl (C=O) groups excluding carboxylic acids is 1. The van der Waals surface area contributed by atoms with Crippen LogP contribution in [0.1, 0.15) is 28.3 Å². The maximum atomic E-state index is 12.6. The SMILES string of the molecule is Cc1oc(C)c(S(=O)(=O)N2CCC(C(N)=O)C2)c1C(=O)O. The van der Waals surface area contributed by atoms with Gasteiger partial charge >= 0.3 is 5.97 Å². The van der Waals surface area contributed by atoms with Crippen molar-refractivity contribution in [2.75, 3.05) is 13.1 Å². The van der Waals surface area contributed by atoms with Gasteiger partial charge in [0.1, 0.15) is 22.0 Å². The first-order chi connectivity index (χ1) is 9.66. The van der Waals surface area contributed by atoms with Gasteiger partial charge in [-0.1, -0.05) is 0 Å². The molecule has 1 aliphatic heterocycles. The van der Waals surface area contributed by atoms with E-state index in [1.54, 1.807) is 0 Å². The summed E-state index contributed by atoms with van der Waals surface area (Å²) in [5.41, 5.74) is 4.82. The van der Waals surface area contributed by atoms with Crippen LogP contribution in [0.3, 0.4) is 0 Å². The van der Waals surface area contributed by atoms with Crippen LogP contribution in [0.4, 0.5) is 0 Å². The van der Waals surface area contributed by atoms with E-state index in [-0.39, 0.29) is 35.1 Å². The van der Waals surface area contributed by atoms with Gasteiger partial charge in [0.25, 0.3) is 0 Å². The van der Waals surface area contributed by atoms with Crippen LogP contribution in [-0.4, -0.2) is 42.8 Å². The van der Waals surface area contributed by atoms with Crippen molar-refractivity contribution in [3.63, 3.8) is 0 Å². The highest BCUT2D eigenvalue weighted by Gasteiger charge is 2.39. The average Bonchev–Trinajstić information content (AvgIpc) is 2.93. The number of primary amides is 1. The second kappa shape index (κ2) is 5.15. The molecule has 1 aromatic heterocycles. The fourth-order valence-electron chi connectivity index (χ4n) is 2.53. The van der Waals surface area contributed by atoms with Crippen LogP contribution in [0.2, 0.25) is 0 Å². The summed E-state index contributed by atoms with van der Waals surface area (Å²) in [4.78, 5) is 22.1. The van der Waals surface area contributed by atoms with Crippen LogP contribution >= 0.6 is 0 Å². The number of nitrogens with zero attached hydrogens (tertiary/aromatic N) is 1. The molecule has 0 saturated carbocycles. The minimum atomic E-state index is -4.04. The van der Waals surface area contributed by atoms with Crippen molar-refractivity contribution >= 4 is 21.9 Å². The van der Waals surface area contributed by atoms with Crippen molar-refractivity contribution in [2.24, 2.45) is 11.7 Å². The first-order valence-corrected chi connectivity index (χ1v) is 7.73. The van der Waals surface area contributed by atoms with E-state index in [0.29, 0.717) is 6.42 Å². The van der Waals surface area contributed by atoms with E-state index in [2.05, 4.69) is 0 Å². The van der Waals surface area contributed by atoms with E-state index >= 15 is 0 Å². The van der Waals surface area contributed by atoms with Crippen molar-refractivity contribution in [1.29, 1.82) is 0 Å². The summed E-state index contributed by atoms with van der Waals surface area (Å²) in [6.07, 6.45) is 0.326. The lowest BCUT2D eigenvalue weighted by Crippen LogP contribution is -2.32. The number of hydrogen-bond acceptors (Lipinski definition) is 5. The molecule has 2 heterocycles. The lowest BCUT2D eigenvalue weighted by molar-refractivity contribution is -0.121. The molecule has 116 valence electrons. The molecule has 21 heavy (non-hydrogen) atoms. The number of hydrogen-bond donors (Lipinski definition) is 2. The Balaban J connectivity index is 2.47. The zero-order valence-corrected chi connectivity index (χ0v) is 12.4. The Hall–Kier alpha value is -1.87. The van der Waals surface area contributed by atoms with Crippen molar-refractivity contribution < 1.29 is 27.5 Å². The summed E-state index contributed by atoms with van der Waals surface area (Å²) in [5.74, 6) is -2.43. The van der Waals surface area contributed by atoms with Crippen LogP contribution in [0.5, 0.6) is 0 Å². The fourth-order valence-corrected chi connectivity index (χ4v) is 4.40. The molecular weight excluding hydrogens is 300 g/mol. The Bertz CT molecular complexity index is 706. The van der Waals surface area contributed by atoms with Crippen LogP contribution in [0.15, 0.2) is 9.31 Å². The lowest BCUT2D eigenvalue weighted by Gasteiger charge is -2.16. The number of carboxylic acids is 1. The molecule has 0 radical (unpaired) electrons. The van der Waals surface area contributed by atoms with Crippen LogP contribution in [-0.2, 0) is 14.8 Å². The van der Waals surface area contributed by atoms with Gasteiger partial charge in [0, 0.05) is 13.1 Å². The summed E-state index contributed by atoms with van der Waals surface area (Å²) in [6.45, 7) is 2.87. The molecule has 9 heteroatoms. The molecule has 2 rings (SSSR count). The predicted molar refractivity (Wildman–Crippen MR) is 71.2 cm³/mol. The van der Waals surface area contributed by atoms with Crippen molar-refractivity contribution in [3.05, 3.63) is 17.1 Å². The third kappa shape index (κ3) is 2.54. The standard InChI is InChI=1S/C12H16N2O6S/c1-6-9(12(16)17)10(7(2)20-6)21(18,19)14-4-3-8(5-14)11(13)15/h8H,3-5H2,1-2H3,(H2,13,15)(H,16,17). The van der Waals surface area contributed by atoms with E-state index in [1.807, 2.05) is 0 Å². The van der Waals surface area contributed by atoms with E-state index in [1.165, 1.54) is 13.8 Å². The molecule has 8 nitrogen and oxygen atoms in total. The Morgan fingerprint density at radius 3 is 2.43 bits per heavy atom. The largest absolute Gasteiger partial charge is 0.478 e. The quantitative estimate of drug-likeness (QED) is 0.809. The second-order valence-corrected chi connectivity index (χ2v) is 6.85. The van der Waals surface area contributed by atoms with Gasteiger partial charge < -0.3 is 15.3 Å². The topological polar surface area (TPSA) is 131 Å². The van der Waals surface area contributed by atoms with E-state index in [0.717, 1.165) is 4.31 Å². The molecule has 0 aromatic carbocycles. The Kier molecular flexibility index (Phi) is 3.81. The molecule has 1 atom stereocenters. The first-order valence-electron chi connectivity index (χ1n) is 6.29. The smallest absolute Gasteiger partial charge is 0.340 e. The number of sulfonamides is 1. The van der Waals surface area contributed by atoms with E-state index < -0.39 is 27.8 Å². The van der Waals surface area contributed by atoms with Crippen molar-refractivity contribution in [2.45, 2.75) is 25.2 Å². The Labute approximate surface area is 121 Å². The molecule has 1 unspecified atom stereocenters. The van der Waals surface area contributed by atoms with E-state index in [4.69, 9.17) is 10.2 Å². The molecule has 0 bridgehead atoms. The summed E-state index contributed by atoms with van der Waals surface area (Å²) in [7, 11) is -4.04. The number of furan rings is 1. The minimum absolute atomic E-state index is 0.0208. The lowest BCUT2D eigenvalue weighted by atomic mass is 10.1. The number of carboxylic acid groups (broad SMARTS) is 1. The number of nitrogens with two attached hydrogens (primary N) is 1. The summed E-state index contributed by atoms with van der Waals surface area (Å²) in [6, 6.07) is 0. The average molecular weight is 316 g/mol. The van der Waals surface area contributed by atoms with Gasteiger partial charge in [-0.3, -0.25) is 4.79 Å². The van der Waals surface area contributed by atoms with Crippen molar-refractivity contribution in [3.8, 4) is 0 Å². The highest BCUT2D eigenvalue weighted by molar-refractivity contribution is 7.89. The normalized spacial score (nSPS) is 19.8. The molecular formula is C12H16N2O6S. The molecule has 1 fully saturated rings. The molecule has 0 aliphatic carbocycles. The zero-order valence-electron chi connectivity index (χ0n) is 11.6. The van der Waals surface area contributed by atoms with Crippen LogP contribution < -0.4 is 5.73 Å². The maximum Gasteiger partial charge on any atom is 0.340 e. The molecule has 3 N–H and O–H groups in total. The minimum Gasteiger partial charge on any atom is -0.478 e. The van der Waals surface area contributed by atoms with Crippen molar-refractivity contribution in [1.82, 2.24) is 4.31 Å². The second-order valence-electron chi connectivity index (χ2n) is 4.97. The zero-order chi connectivity index (χ0) is 15.9. The van der Waals surface area contributed by atoms with E-state index in [9.17, 15) is 23.1 Å². The van der Waals surface area contributed by atoms with Gasteiger partial charge in [0.2, 0.25) is 15.9 Å². The summed E-state index contributed by atoms with van der Waals surface area (Å²) >= 11 is 0. The maximum absolute atomic E-state index is 12.6. The molecule has 1 aromatic rings. The number of amides is 1. The molecule has 1 amide bonds. The number of carbonyl (C=O) groups is 2. The third-order valence-corrected chi connectivity index (χ3v) is 5.59. The van der Waals surface area contributed by atoms with Gasteiger partial charge in [-0.05, 0) is 20.3 Å². The third-order valence-electron chi connectivity index (χ3n) is 3.57. The van der Waals surface area contributed by atoms with Gasteiger partial charge in [-0.2, -0.15) is 4.31 Å². The monoisotopic (exact) mass is 316 g/mol. The predicted octanol–water partition coefficient (Wildman–Crippen LogP) is 0.0905. The number of rotatable bonds is 4. The summed E-state index contributed by atoms with van der Waals surface area (Å²) < 4.78 is 31.4. The van der Waals surface area contributed by atoms with Gasteiger partial charge in [-0.15, -0.1) is 0 Å². The highest BCUT2D eigenvalue weighted by atomic mass is 32.2. The van der Waals surface area contributed by atoms with Crippen LogP contribution in [0.25, 0.3) is 0 Å². The van der Waals surface area contributed by atoms with Gasteiger partial charge in [0.15, 0.2) is 0 Å². The number of aromatic carboxylic acids is 1. The highest BCUT2D eigenvalue weighted by Crippen LogP contribution is 2.32. The molecule has 1 saturated heterocycles. The molecule has 1 aliphatic rings. The Morgan fingerprint density at radius 1 is 1.33 bits per heavy atom. The fraction of sp³-hybridized carbons (Fsp3) is 0.500. The van der Waals surface area contributed by atoms with Gasteiger partial charge in [0.05, 0.1) is 5.92 Å². The Morgan fingerprint density at radius 2 is 1.95 bits per heavy atom. The summed E-state index contributed by atoms with van der Waals surface area (Å²) in [5, 5.41) is 9.19. The molecule has 0 spiro atoms.